The molecule has 5 rings (SSSR count). The second-order valence-corrected chi connectivity index (χ2v) is 7.80. The van der Waals surface area contributed by atoms with Crippen LogP contribution < -0.4 is 10.1 Å². The molecule has 0 N–H and O–H groups in total. The Labute approximate surface area is 171 Å². The highest BCUT2D eigenvalue weighted by atomic mass is 32.1. The van der Waals surface area contributed by atoms with E-state index in [2.05, 4.69) is 34.3 Å². The molecule has 0 saturated carbocycles. The molecule has 0 bridgehead atoms. The lowest BCUT2D eigenvalue weighted by atomic mass is 10.0. The Kier molecular flexibility index (Phi) is 4.50. The molecule has 0 radical (unpaired) electrons. The Balaban J connectivity index is 1.44. The van der Waals surface area contributed by atoms with Gasteiger partial charge in [-0.15, -0.1) is 5.10 Å². The third-order valence-electron chi connectivity index (χ3n) is 4.75. The van der Waals surface area contributed by atoms with Gasteiger partial charge < -0.3 is 0 Å². The van der Waals surface area contributed by atoms with Crippen LogP contribution in [0.3, 0.4) is 0 Å². The molecule has 29 heavy (non-hydrogen) atoms. The zero-order valence-electron chi connectivity index (χ0n) is 15.5. The Morgan fingerprint density at radius 3 is 2.17 bits per heavy atom. The highest BCUT2D eigenvalue weighted by molar-refractivity contribution is 7.15. The first-order valence-electron chi connectivity index (χ1n) is 9.36. The normalized spacial score (nSPS) is 11.9. The van der Waals surface area contributed by atoms with Crippen molar-refractivity contribution in [2.45, 2.75) is 6.42 Å². The summed E-state index contributed by atoms with van der Waals surface area (Å²) in [5.41, 5.74) is 4.31. The minimum atomic E-state index is -0.121. The number of fused-ring (bicyclic) bond motifs is 1. The van der Waals surface area contributed by atoms with Crippen LogP contribution in [0.15, 0.2) is 89.7 Å². The zero-order chi connectivity index (χ0) is 19.6. The maximum Gasteiger partial charge on any atom is 0.291 e. The van der Waals surface area contributed by atoms with Crippen LogP contribution in [0.1, 0.15) is 17.0 Å². The van der Waals surface area contributed by atoms with Crippen molar-refractivity contribution in [2.24, 2.45) is 0 Å². The summed E-state index contributed by atoms with van der Waals surface area (Å²) < 4.78 is 2.05. The molecule has 0 aliphatic rings. The lowest BCUT2D eigenvalue weighted by Crippen LogP contribution is -2.23. The summed E-state index contributed by atoms with van der Waals surface area (Å²) in [6, 6.07) is 28.4. The SMILES string of the molecule is O=c1/c(=C/c2ccc(-c3ccccc3)cc2)sc2nc(Cc3ccccc3)nn12. The van der Waals surface area contributed by atoms with E-state index in [0.717, 1.165) is 16.7 Å². The number of hydrogen-bond donors (Lipinski definition) is 0. The lowest BCUT2D eigenvalue weighted by molar-refractivity contribution is 0.879. The van der Waals surface area contributed by atoms with Gasteiger partial charge in [0.2, 0.25) is 4.96 Å². The highest BCUT2D eigenvalue weighted by Crippen LogP contribution is 2.19. The van der Waals surface area contributed by atoms with Crippen LogP contribution in [0.25, 0.3) is 22.2 Å². The second-order valence-electron chi connectivity index (χ2n) is 6.79. The van der Waals surface area contributed by atoms with Gasteiger partial charge in [-0.2, -0.15) is 4.52 Å². The molecule has 0 fully saturated rings. The van der Waals surface area contributed by atoms with E-state index in [1.54, 1.807) is 0 Å². The second kappa shape index (κ2) is 7.45. The summed E-state index contributed by atoms with van der Waals surface area (Å²) in [4.78, 5) is 17.9. The van der Waals surface area contributed by atoms with Gasteiger partial charge >= 0.3 is 0 Å². The molecular weight excluding hydrogens is 378 g/mol. The van der Waals surface area contributed by atoms with Gasteiger partial charge in [-0.3, -0.25) is 4.79 Å². The summed E-state index contributed by atoms with van der Waals surface area (Å²) in [5.74, 6) is 0.665. The van der Waals surface area contributed by atoms with Gasteiger partial charge in [-0.1, -0.05) is 96.3 Å². The molecule has 4 nitrogen and oxygen atoms in total. The van der Waals surface area contributed by atoms with E-state index in [9.17, 15) is 4.79 Å². The third-order valence-corrected chi connectivity index (χ3v) is 5.71. The molecule has 2 heterocycles. The summed E-state index contributed by atoms with van der Waals surface area (Å²) in [5, 5.41) is 4.41. The fraction of sp³-hybridized carbons (Fsp3) is 0.0417. The van der Waals surface area contributed by atoms with Crippen molar-refractivity contribution in [2.75, 3.05) is 0 Å². The summed E-state index contributed by atoms with van der Waals surface area (Å²) in [6.07, 6.45) is 2.52. The van der Waals surface area contributed by atoms with Gasteiger partial charge in [0.05, 0.1) is 4.53 Å². The molecule has 3 aromatic carbocycles. The van der Waals surface area contributed by atoms with Crippen LogP contribution in [-0.4, -0.2) is 14.6 Å². The molecular formula is C24H17N3OS. The molecule has 2 aromatic heterocycles. The minimum absolute atomic E-state index is 0.121. The van der Waals surface area contributed by atoms with E-state index >= 15 is 0 Å². The number of thiazole rings is 1. The molecule has 0 aliphatic carbocycles. The molecule has 0 amide bonds. The monoisotopic (exact) mass is 395 g/mol. The maximum atomic E-state index is 12.7. The van der Waals surface area contributed by atoms with E-state index in [1.165, 1.54) is 21.4 Å². The average Bonchev–Trinajstić information content (AvgIpc) is 3.28. The molecule has 0 unspecified atom stereocenters. The Morgan fingerprint density at radius 2 is 1.48 bits per heavy atom. The first-order chi connectivity index (χ1) is 14.3. The number of nitrogens with zero attached hydrogens (tertiary/aromatic N) is 3. The van der Waals surface area contributed by atoms with Gasteiger partial charge in [0.15, 0.2) is 5.82 Å². The van der Waals surface area contributed by atoms with Crippen molar-refractivity contribution >= 4 is 22.4 Å². The third kappa shape index (κ3) is 3.60. The topological polar surface area (TPSA) is 47.3 Å². The fourth-order valence-electron chi connectivity index (χ4n) is 3.28. The molecule has 0 spiro atoms. The van der Waals surface area contributed by atoms with Gasteiger partial charge in [0.1, 0.15) is 0 Å². The van der Waals surface area contributed by atoms with Crippen molar-refractivity contribution in [1.29, 1.82) is 0 Å². The number of rotatable bonds is 4. The van der Waals surface area contributed by atoms with Crippen molar-refractivity contribution in [1.82, 2.24) is 14.6 Å². The predicted molar refractivity (Wildman–Crippen MR) is 117 cm³/mol. The van der Waals surface area contributed by atoms with Gasteiger partial charge in [0.25, 0.3) is 5.56 Å². The average molecular weight is 395 g/mol. The van der Waals surface area contributed by atoms with E-state index < -0.39 is 0 Å². The minimum Gasteiger partial charge on any atom is -0.266 e. The summed E-state index contributed by atoms with van der Waals surface area (Å²) in [7, 11) is 0. The molecule has 0 atom stereocenters. The molecule has 140 valence electrons. The van der Waals surface area contributed by atoms with E-state index in [1.807, 2.05) is 66.7 Å². The Bertz CT molecular complexity index is 1370. The Hall–Kier alpha value is -3.57. The summed E-state index contributed by atoms with van der Waals surface area (Å²) in [6.45, 7) is 0. The quantitative estimate of drug-likeness (QED) is 0.463. The Morgan fingerprint density at radius 1 is 0.828 bits per heavy atom. The fourth-order valence-corrected chi connectivity index (χ4v) is 4.21. The largest absolute Gasteiger partial charge is 0.291 e. The molecule has 0 saturated heterocycles. The van der Waals surface area contributed by atoms with Crippen LogP contribution >= 0.6 is 11.3 Å². The van der Waals surface area contributed by atoms with E-state index in [4.69, 9.17) is 0 Å². The maximum absolute atomic E-state index is 12.7. The van der Waals surface area contributed by atoms with Crippen molar-refractivity contribution in [3.8, 4) is 11.1 Å². The first kappa shape index (κ1) is 17.5. The number of benzene rings is 3. The van der Waals surface area contributed by atoms with Gasteiger partial charge in [-0.25, -0.2) is 4.98 Å². The van der Waals surface area contributed by atoms with Crippen molar-refractivity contribution in [3.63, 3.8) is 0 Å². The number of aromatic nitrogens is 3. The molecule has 5 aromatic rings. The summed E-state index contributed by atoms with van der Waals surface area (Å²) >= 11 is 1.37. The van der Waals surface area contributed by atoms with Crippen LogP contribution in [0.2, 0.25) is 0 Å². The van der Waals surface area contributed by atoms with Crippen molar-refractivity contribution < 1.29 is 0 Å². The highest BCUT2D eigenvalue weighted by Gasteiger charge is 2.11. The van der Waals surface area contributed by atoms with Crippen LogP contribution in [0.5, 0.6) is 0 Å². The smallest absolute Gasteiger partial charge is 0.266 e. The lowest BCUT2D eigenvalue weighted by Gasteiger charge is -2.01. The zero-order valence-corrected chi connectivity index (χ0v) is 16.3. The van der Waals surface area contributed by atoms with Crippen molar-refractivity contribution in [3.05, 3.63) is 117 Å². The first-order valence-corrected chi connectivity index (χ1v) is 10.2. The predicted octanol–water partition coefficient (Wildman–Crippen LogP) is 3.96. The van der Waals surface area contributed by atoms with Gasteiger partial charge in [0, 0.05) is 6.42 Å². The van der Waals surface area contributed by atoms with E-state index in [-0.39, 0.29) is 5.56 Å². The van der Waals surface area contributed by atoms with E-state index in [0.29, 0.717) is 21.7 Å². The molecule has 5 heteroatoms. The van der Waals surface area contributed by atoms with Crippen LogP contribution in [-0.2, 0) is 6.42 Å². The van der Waals surface area contributed by atoms with Crippen LogP contribution in [0.4, 0.5) is 0 Å². The van der Waals surface area contributed by atoms with Crippen LogP contribution in [0, 0.1) is 0 Å². The van der Waals surface area contributed by atoms with Gasteiger partial charge in [-0.05, 0) is 28.3 Å². The number of hydrogen-bond acceptors (Lipinski definition) is 4. The molecule has 0 aliphatic heterocycles. The standard InChI is InChI=1S/C24H17N3OS/c28-23-21(15-18-11-13-20(14-12-18)19-9-5-2-6-10-19)29-24-25-22(26-27(23)24)16-17-7-3-1-4-8-17/h1-15H,16H2/b21-15-.